The average Bonchev–Trinajstić information content (AvgIpc) is 2.65. The Kier molecular flexibility index (Phi) is 3.72. The Bertz CT molecular complexity index is 433. The predicted molar refractivity (Wildman–Crippen MR) is 64.0 cm³/mol. The van der Waals surface area contributed by atoms with Crippen molar-refractivity contribution < 1.29 is 14.7 Å². The quantitative estimate of drug-likeness (QED) is 0.687. The number of H-pyrrole nitrogens is 1. The first kappa shape index (κ1) is 13.4. The highest BCUT2D eigenvalue weighted by atomic mass is 16.3. The summed E-state index contributed by atoms with van der Waals surface area (Å²) in [5, 5.41) is 12.2. The largest absolute Gasteiger partial charge is 0.391 e. The summed E-state index contributed by atoms with van der Waals surface area (Å²) in [6.07, 6.45) is 0.820. The molecule has 0 aliphatic carbocycles. The van der Waals surface area contributed by atoms with Crippen LogP contribution in [0.25, 0.3) is 0 Å². The molecule has 0 aliphatic rings. The van der Waals surface area contributed by atoms with Gasteiger partial charge in [0, 0.05) is 11.8 Å². The molecular formula is C12H18N2O3. The fourth-order valence-corrected chi connectivity index (χ4v) is 1.19. The number of ketones is 1. The van der Waals surface area contributed by atoms with E-state index < -0.39 is 11.6 Å². The van der Waals surface area contributed by atoms with Crippen LogP contribution >= 0.6 is 0 Å². The number of carbonyl (C=O) groups excluding carboxylic acids is 2. The van der Waals surface area contributed by atoms with Crippen molar-refractivity contribution in [3.8, 4) is 0 Å². The maximum atomic E-state index is 11.8. The molecule has 0 bridgehead atoms. The van der Waals surface area contributed by atoms with Crippen molar-refractivity contribution >= 4 is 11.7 Å². The maximum absolute atomic E-state index is 11.8. The fourth-order valence-electron chi connectivity index (χ4n) is 1.19. The molecule has 0 fully saturated rings. The van der Waals surface area contributed by atoms with Crippen molar-refractivity contribution in [3.05, 3.63) is 23.5 Å². The highest BCUT2D eigenvalue weighted by Gasteiger charge is 2.27. The second-order valence-electron chi connectivity index (χ2n) is 4.71. The van der Waals surface area contributed by atoms with Crippen LogP contribution in [0.3, 0.4) is 0 Å². The highest BCUT2D eigenvalue weighted by Crippen LogP contribution is 2.11. The minimum atomic E-state index is -0.724. The number of Topliss-reactive ketones (excluding diaryl/α,β-unsaturated/α-hetero) is 1. The number of hydrogen-bond donors (Lipinski definition) is 3. The van der Waals surface area contributed by atoms with Gasteiger partial charge < -0.3 is 15.4 Å². The molecule has 1 heterocycles. The van der Waals surface area contributed by atoms with E-state index in [4.69, 9.17) is 0 Å². The Morgan fingerprint density at radius 1 is 1.47 bits per heavy atom. The third-order valence-electron chi connectivity index (χ3n) is 2.81. The summed E-state index contributed by atoms with van der Waals surface area (Å²) in [6, 6.07) is 1.50. The Hall–Kier alpha value is -1.62. The molecule has 0 aromatic carbocycles. The lowest BCUT2D eigenvalue weighted by Crippen LogP contribution is -2.51. The van der Waals surface area contributed by atoms with Crippen LogP contribution in [0, 0.1) is 0 Å². The number of carbonyl (C=O) groups is 2. The topological polar surface area (TPSA) is 82.2 Å². The van der Waals surface area contributed by atoms with Gasteiger partial charge in [-0.05, 0) is 33.8 Å². The Labute approximate surface area is 100 Å². The van der Waals surface area contributed by atoms with Gasteiger partial charge in [-0.25, -0.2) is 0 Å². The summed E-state index contributed by atoms with van der Waals surface area (Å²) >= 11 is 0. The number of amides is 1. The average molecular weight is 238 g/mol. The molecule has 1 rings (SSSR count). The van der Waals surface area contributed by atoms with Crippen LogP contribution in [0.1, 0.15) is 48.5 Å². The summed E-state index contributed by atoms with van der Waals surface area (Å²) in [6.45, 7) is 6.50. The van der Waals surface area contributed by atoms with E-state index in [1.807, 2.05) is 0 Å². The highest BCUT2D eigenvalue weighted by molar-refractivity contribution is 5.99. The van der Waals surface area contributed by atoms with Crippen molar-refractivity contribution in [2.75, 3.05) is 0 Å². The van der Waals surface area contributed by atoms with Gasteiger partial charge in [-0.2, -0.15) is 0 Å². The van der Waals surface area contributed by atoms with Crippen molar-refractivity contribution in [2.24, 2.45) is 0 Å². The molecule has 0 spiro atoms. The standard InChI is InChI=1S/C12H18N2O3/c1-7(15)9-5-10(13-6-9)11(17)14-12(3,4)8(2)16/h5-6,8,13,16H,1-4H3,(H,14,17). The van der Waals surface area contributed by atoms with Gasteiger partial charge in [0.15, 0.2) is 5.78 Å². The summed E-state index contributed by atoms with van der Waals surface area (Å²) < 4.78 is 0. The van der Waals surface area contributed by atoms with E-state index in [1.165, 1.54) is 19.2 Å². The summed E-state index contributed by atoms with van der Waals surface area (Å²) in [5.41, 5.74) is 0.0485. The van der Waals surface area contributed by atoms with E-state index in [9.17, 15) is 14.7 Å². The van der Waals surface area contributed by atoms with Crippen LogP contribution < -0.4 is 5.32 Å². The normalized spacial score (nSPS) is 13.2. The first-order chi connectivity index (χ1) is 7.74. The number of hydrogen-bond acceptors (Lipinski definition) is 3. The molecule has 17 heavy (non-hydrogen) atoms. The van der Waals surface area contributed by atoms with Crippen molar-refractivity contribution in [1.29, 1.82) is 0 Å². The van der Waals surface area contributed by atoms with Gasteiger partial charge in [0.25, 0.3) is 5.91 Å². The first-order valence-electron chi connectivity index (χ1n) is 5.44. The monoisotopic (exact) mass is 238 g/mol. The number of aromatic amines is 1. The van der Waals surface area contributed by atoms with Crippen LogP contribution in [0.15, 0.2) is 12.3 Å². The smallest absolute Gasteiger partial charge is 0.268 e. The summed E-state index contributed by atoms with van der Waals surface area (Å²) in [5.74, 6) is -0.446. The Morgan fingerprint density at radius 3 is 2.47 bits per heavy atom. The van der Waals surface area contributed by atoms with E-state index in [2.05, 4.69) is 10.3 Å². The van der Waals surface area contributed by atoms with E-state index >= 15 is 0 Å². The SMILES string of the molecule is CC(=O)c1c[nH]c(C(=O)NC(C)(C)C(C)O)c1. The van der Waals surface area contributed by atoms with Crippen molar-refractivity contribution in [2.45, 2.75) is 39.3 Å². The Balaban J connectivity index is 2.80. The van der Waals surface area contributed by atoms with Gasteiger partial charge in [-0.3, -0.25) is 9.59 Å². The molecule has 1 aromatic heterocycles. The van der Waals surface area contributed by atoms with Crippen LogP contribution in [0.4, 0.5) is 0 Å². The third kappa shape index (κ3) is 3.17. The first-order valence-corrected chi connectivity index (χ1v) is 5.44. The Morgan fingerprint density at radius 2 is 2.06 bits per heavy atom. The zero-order valence-corrected chi connectivity index (χ0v) is 10.5. The molecule has 1 unspecified atom stereocenters. The molecule has 0 saturated carbocycles. The lowest BCUT2D eigenvalue weighted by molar-refractivity contribution is 0.0706. The second kappa shape index (κ2) is 4.71. The summed E-state index contributed by atoms with van der Waals surface area (Å²) in [4.78, 5) is 25.7. The lowest BCUT2D eigenvalue weighted by Gasteiger charge is -2.29. The van der Waals surface area contributed by atoms with Crippen LogP contribution in [0.2, 0.25) is 0 Å². The molecule has 1 amide bonds. The van der Waals surface area contributed by atoms with Gasteiger partial charge in [-0.1, -0.05) is 0 Å². The van der Waals surface area contributed by atoms with Crippen molar-refractivity contribution in [1.82, 2.24) is 10.3 Å². The van der Waals surface area contributed by atoms with Gasteiger partial charge in [0.1, 0.15) is 5.69 Å². The number of aromatic nitrogens is 1. The maximum Gasteiger partial charge on any atom is 0.268 e. The van der Waals surface area contributed by atoms with E-state index in [0.717, 1.165) is 0 Å². The zero-order valence-electron chi connectivity index (χ0n) is 10.5. The molecule has 5 heteroatoms. The summed E-state index contributed by atoms with van der Waals surface area (Å²) in [7, 11) is 0. The van der Waals surface area contributed by atoms with E-state index in [0.29, 0.717) is 11.3 Å². The number of aliphatic hydroxyl groups excluding tert-OH is 1. The predicted octanol–water partition coefficient (Wildman–Crippen LogP) is 1.11. The minimum absolute atomic E-state index is 0.102. The number of aliphatic hydroxyl groups is 1. The van der Waals surface area contributed by atoms with Crippen LogP contribution in [0.5, 0.6) is 0 Å². The molecule has 0 saturated heterocycles. The van der Waals surface area contributed by atoms with Gasteiger partial charge >= 0.3 is 0 Å². The molecular weight excluding hydrogens is 220 g/mol. The van der Waals surface area contributed by atoms with E-state index in [-0.39, 0.29) is 11.7 Å². The van der Waals surface area contributed by atoms with E-state index in [1.54, 1.807) is 20.8 Å². The zero-order chi connectivity index (χ0) is 13.2. The van der Waals surface area contributed by atoms with Crippen LogP contribution in [-0.4, -0.2) is 33.4 Å². The molecule has 3 N–H and O–H groups in total. The molecule has 5 nitrogen and oxygen atoms in total. The molecule has 0 radical (unpaired) electrons. The number of rotatable bonds is 4. The van der Waals surface area contributed by atoms with Crippen LogP contribution in [-0.2, 0) is 0 Å². The minimum Gasteiger partial charge on any atom is -0.391 e. The third-order valence-corrected chi connectivity index (χ3v) is 2.81. The molecule has 0 aliphatic heterocycles. The second-order valence-corrected chi connectivity index (χ2v) is 4.71. The van der Waals surface area contributed by atoms with Crippen molar-refractivity contribution in [3.63, 3.8) is 0 Å². The molecule has 1 atom stereocenters. The fraction of sp³-hybridized carbons (Fsp3) is 0.500. The molecule has 1 aromatic rings. The van der Waals surface area contributed by atoms with Gasteiger partial charge in [0.05, 0.1) is 11.6 Å². The number of nitrogens with one attached hydrogen (secondary N) is 2. The van der Waals surface area contributed by atoms with Gasteiger partial charge in [-0.15, -0.1) is 0 Å². The lowest BCUT2D eigenvalue weighted by atomic mass is 9.98. The van der Waals surface area contributed by atoms with Gasteiger partial charge in [0.2, 0.25) is 0 Å². The molecule has 94 valence electrons.